The van der Waals surface area contributed by atoms with Crippen LogP contribution < -0.4 is 0 Å². The molecule has 1 fully saturated rings. The number of rotatable bonds is 5. The minimum Gasteiger partial charge on any atom is -0.481 e. The third-order valence-electron chi connectivity index (χ3n) is 3.39. The highest BCUT2D eigenvalue weighted by Crippen LogP contribution is 2.23. The maximum Gasteiger partial charge on any atom is 0.311 e. The van der Waals surface area contributed by atoms with Crippen molar-refractivity contribution in [2.75, 3.05) is 32.8 Å². The molecule has 0 aromatic heterocycles. The highest BCUT2D eigenvalue weighted by atomic mass is 35.5. The molecule has 2 rings (SSSR count). The summed E-state index contributed by atoms with van der Waals surface area (Å²) in [6.45, 7) is 3.99. The van der Waals surface area contributed by atoms with E-state index in [1.54, 1.807) is 18.2 Å². The van der Waals surface area contributed by atoms with Crippen LogP contribution in [-0.2, 0) is 9.53 Å². The fourth-order valence-electron chi connectivity index (χ4n) is 2.29. The van der Waals surface area contributed by atoms with Gasteiger partial charge in [0.15, 0.2) is 0 Å². The monoisotopic (exact) mass is 283 g/mol. The minimum atomic E-state index is -0.796. The second-order valence-electron chi connectivity index (χ2n) is 4.69. The fraction of sp³-hybridized carbons (Fsp3) is 0.500. The first-order chi connectivity index (χ1) is 9.16. The number of hydrogen-bond acceptors (Lipinski definition) is 3. The van der Waals surface area contributed by atoms with Crippen molar-refractivity contribution in [3.8, 4) is 0 Å². The zero-order valence-corrected chi connectivity index (χ0v) is 11.5. The van der Waals surface area contributed by atoms with Gasteiger partial charge in [0.1, 0.15) is 0 Å². The van der Waals surface area contributed by atoms with Crippen LogP contribution in [-0.4, -0.2) is 48.8 Å². The van der Waals surface area contributed by atoms with Crippen LogP contribution >= 0.6 is 11.6 Å². The summed E-state index contributed by atoms with van der Waals surface area (Å²) in [6, 6.07) is 7.11. The van der Waals surface area contributed by atoms with E-state index < -0.39 is 11.9 Å². The number of carboxylic acids is 1. The topological polar surface area (TPSA) is 49.8 Å². The van der Waals surface area contributed by atoms with Crippen LogP contribution in [0.25, 0.3) is 0 Å². The average molecular weight is 284 g/mol. The molecule has 104 valence electrons. The van der Waals surface area contributed by atoms with E-state index in [1.807, 2.05) is 6.07 Å². The van der Waals surface area contributed by atoms with Crippen LogP contribution in [0.4, 0.5) is 0 Å². The van der Waals surface area contributed by atoms with E-state index >= 15 is 0 Å². The number of ether oxygens (including phenoxy) is 1. The van der Waals surface area contributed by atoms with Gasteiger partial charge in [-0.25, -0.2) is 0 Å². The Labute approximate surface area is 117 Å². The highest BCUT2D eigenvalue weighted by molar-refractivity contribution is 6.30. The molecule has 1 atom stereocenters. The van der Waals surface area contributed by atoms with E-state index in [1.165, 1.54) is 0 Å². The molecular formula is C14H18ClNO3. The summed E-state index contributed by atoms with van der Waals surface area (Å²) in [7, 11) is 0. The summed E-state index contributed by atoms with van der Waals surface area (Å²) < 4.78 is 5.28. The van der Waals surface area contributed by atoms with Gasteiger partial charge >= 0.3 is 5.97 Å². The predicted octanol–water partition coefficient (Wildman–Crippen LogP) is 2.23. The lowest BCUT2D eigenvalue weighted by Crippen LogP contribution is -2.37. The molecule has 1 aliphatic heterocycles. The second-order valence-corrected chi connectivity index (χ2v) is 5.12. The standard InChI is InChI=1S/C14H18ClNO3/c15-12-3-1-2-11(10-12)13(14(17)18)4-5-16-6-8-19-9-7-16/h1-3,10,13H,4-9H2,(H,17,18). The molecule has 1 saturated heterocycles. The minimum absolute atomic E-state index is 0.499. The van der Waals surface area contributed by atoms with E-state index in [9.17, 15) is 9.90 Å². The van der Waals surface area contributed by atoms with Gasteiger partial charge in [0.05, 0.1) is 19.1 Å². The first-order valence-corrected chi connectivity index (χ1v) is 6.83. The van der Waals surface area contributed by atoms with E-state index in [0.717, 1.165) is 38.4 Å². The van der Waals surface area contributed by atoms with Crippen molar-refractivity contribution in [3.63, 3.8) is 0 Å². The molecule has 0 amide bonds. The van der Waals surface area contributed by atoms with Crippen LogP contribution in [0.15, 0.2) is 24.3 Å². The Kier molecular flexibility index (Phi) is 5.19. The molecule has 19 heavy (non-hydrogen) atoms. The Hall–Kier alpha value is -1.10. The number of halogens is 1. The van der Waals surface area contributed by atoms with Crippen molar-refractivity contribution in [1.82, 2.24) is 4.90 Å². The summed E-state index contributed by atoms with van der Waals surface area (Å²) >= 11 is 5.92. The molecule has 4 nitrogen and oxygen atoms in total. The highest BCUT2D eigenvalue weighted by Gasteiger charge is 2.21. The molecule has 1 aromatic carbocycles. The second kappa shape index (κ2) is 6.89. The molecule has 0 radical (unpaired) electrons. The van der Waals surface area contributed by atoms with Crippen LogP contribution in [0.5, 0.6) is 0 Å². The summed E-state index contributed by atoms with van der Waals surface area (Å²) in [5, 5.41) is 9.94. The zero-order valence-electron chi connectivity index (χ0n) is 10.7. The van der Waals surface area contributed by atoms with Crippen LogP contribution in [0.2, 0.25) is 5.02 Å². The van der Waals surface area contributed by atoms with Crippen LogP contribution in [0, 0.1) is 0 Å². The first kappa shape index (κ1) is 14.3. The Morgan fingerprint density at radius 2 is 2.16 bits per heavy atom. The molecule has 5 heteroatoms. The first-order valence-electron chi connectivity index (χ1n) is 6.45. The molecular weight excluding hydrogens is 266 g/mol. The predicted molar refractivity (Wildman–Crippen MR) is 73.7 cm³/mol. The SMILES string of the molecule is O=C(O)C(CCN1CCOCC1)c1cccc(Cl)c1. The molecule has 0 saturated carbocycles. The van der Waals surface area contributed by atoms with Gasteiger partial charge in [0.2, 0.25) is 0 Å². The number of carboxylic acid groups (broad SMARTS) is 1. The number of aliphatic carboxylic acids is 1. The van der Waals surface area contributed by atoms with E-state index in [4.69, 9.17) is 16.3 Å². The molecule has 1 unspecified atom stereocenters. The van der Waals surface area contributed by atoms with Crippen molar-refractivity contribution in [1.29, 1.82) is 0 Å². The van der Waals surface area contributed by atoms with Gasteiger partial charge < -0.3 is 9.84 Å². The lowest BCUT2D eigenvalue weighted by Gasteiger charge is -2.27. The van der Waals surface area contributed by atoms with Gasteiger partial charge in [-0.3, -0.25) is 9.69 Å². The van der Waals surface area contributed by atoms with Crippen LogP contribution in [0.3, 0.4) is 0 Å². The quantitative estimate of drug-likeness (QED) is 0.900. The van der Waals surface area contributed by atoms with E-state index in [-0.39, 0.29) is 0 Å². The lowest BCUT2D eigenvalue weighted by molar-refractivity contribution is -0.139. The Morgan fingerprint density at radius 3 is 2.79 bits per heavy atom. The van der Waals surface area contributed by atoms with Crippen molar-refractivity contribution in [2.24, 2.45) is 0 Å². The molecule has 0 spiro atoms. The number of hydrogen-bond donors (Lipinski definition) is 1. The van der Waals surface area contributed by atoms with Gasteiger partial charge in [0.25, 0.3) is 0 Å². The average Bonchev–Trinajstić information content (AvgIpc) is 2.40. The molecule has 1 N–H and O–H groups in total. The number of nitrogens with zero attached hydrogens (tertiary/aromatic N) is 1. The smallest absolute Gasteiger partial charge is 0.311 e. The summed E-state index contributed by atoms with van der Waals surface area (Å²) in [4.78, 5) is 13.6. The summed E-state index contributed by atoms with van der Waals surface area (Å²) in [5.41, 5.74) is 0.772. The van der Waals surface area contributed by atoms with Gasteiger partial charge in [0, 0.05) is 18.1 Å². The van der Waals surface area contributed by atoms with Gasteiger partial charge in [-0.15, -0.1) is 0 Å². The lowest BCUT2D eigenvalue weighted by atomic mass is 9.95. The normalized spacial score (nSPS) is 18.2. The van der Waals surface area contributed by atoms with Crippen molar-refractivity contribution >= 4 is 17.6 Å². The number of carbonyl (C=O) groups is 1. The molecule has 0 bridgehead atoms. The third-order valence-corrected chi connectivity index (χ3v) is 3.62. The van der Waals surface area contributed by atoms with Gasteiger partial charge in [-0.2, -0.15) is 0 Å². The maximum atomic E-state index is 11.4. The Balaban J connectivity index is 1.98. The summed E-state index contributed by atoms with van der Waals surface area (Å²) in [5.74, 6) is -1.29. The maximum absolute atomic E-state index is 11.4. The molecule has 1 aromatic rings. The van der Waals surface area contributed by atoms with E-state index in [2.05, 4.69) is 4.90 Å². The molecule has 1 aliphatic rings. The van der Waals surface area contributed by atoms with Crippen molar-refractivity contribution < 1.29 is 14.6 Å². The van der Waals surface area contributed by atoms with Gasteiger partial charge in [-0.05, 0) is 30.7 Å². The zero-order chi connectivity index (χ0) is 13.7. The van der Waals surface area contributed by atoms with Crippen molar-refractivity contribution in [2.45, 2.75) is 12.3 Å². The number of morpholine rings is 1. The Bertz CT molecular complexity index is 432. The largest absolute Gasteiger partial charge is 0.481 e. The van der Waals surface area contributed by atoms with Gasteiger partial charge in [-0.1, -0.05) is 23.7 Å². The summed E-state index contributed by atoms with van der Waals surface area (Å²) in [6.07, 6.45) is 0.593. The third kappa shape index (κ3) is 4.20. The fourth-order valence-corrected chi connectivity index (χ4v) is 2.49. The molecule has 1 heterocycles. The van der Waals surface area contributed by atoms with Crippen molar-refractivity contribution in [3.05, 3.63) is 34.9 Å². The van der Waals surface area contributed by atoms with E-state index in [0.29, 0.717) is 11.4 Å². The number of benzene rings is 1. The van der Waals surface area contributed by atoms with Crippen LogP contribution in [0.1, 0.15) is 17.9 Å². The molecule has 0 aliphatic carbocycles. The Morgan fingerprint density at radius 1 is 1.42 bits per heavy atom.